The molecule has 22 heavy (non-hydrogen) atoms. The number of nitrogens with zero attached hydrogens (tertiary/aromatic N) is 3. The standard InChI is InChI=1S/C17H14ClN3O/c18-13-6-7-14-15(10-13)21(11-12-4-2-1-3-5-12)17-19-8-9-20(17)16(14)22/h1-7,10H,8-9,11H2. The van der Waals surface area contributed by atoms with Gasteiger partial charge in [-0.25, -0.2) is 0 Å². The van der Waals surface area contributed by atoms with Gasteiger partial charge >= 0.3 is 0 Å². The number of anilines is 1. The normalized spacial score (nSPS) is 16.4. The van der Waals surface area contributed by atoms with Crippen molar-refractivity contribution < 1.29 is 4.79 Å². The fourth-order valence-electron chi connectivity index (χ4n) is 2.94. The summed E-state index contributed by atoms with van der Waals surface area (Å²) in [5.41, 5.74) is 2.68. The first-order valence-corrected chi connectivity index (χ1v) is 7.59. The van der Waals surface area contributed by atoms with Crippen LogP contribution in [0.4, 0.5) is 5.69 Å². The molecule has 0 fully saturated rings. The molecule has 2 aromatic rings. The Hall–Kier alpha value is -2.33. The molecular weight excluding hydrogens is 298 g/mol. The van der Waals surface area contributed by atoms with Gasteiger partial charge in [0.2, 0.25) is 5.96 Å². The van der Waals surface area contributed by atoms with Gasteiger partial charge in [-0.15, -0.1) is 0 Å². The summed E-state index contributed by atoms with van der Waals surface area (Å²) in [6.07, 6.45) is 0. The van der Waals surface area contributed by atoms with Gasteiger partial charge in [0.1, 0.15) is 0 Å². The highest BCUT2D eigenvalue weighted by atomic mass is 35.5. The highest BCUT2D eigenvalue weighted by Crippen LogP contribution is 2.33. The molecule has 0 aromatic heterocycles. The molecule has 4 rings (SSSR count). The van der Waals surface area contributed by atoms with E-state index in [2.05, 4.69) is 22.0 Å². The van der Waals surface area contributed by atoms with Crippen LogP contribution in [-0.4, -0.2) is 29.9 Å². The molecule has 2 aromatic carbocycles. The van der Waals surface area contributed by atoms with Crippen molar-refractivity contribution in [3.05, 3.63) is 64.7 Å². The van der Waals surface area contributed by atoms with Crippen molar-refractivity contribution in [3.8, 4) is 0 Å². The largest absolute Gasteiger partial charge is 0.307 e. The minimum absolute atomic E-state index is 0.00669. The Morgan fingerprint density at radius 1 is 1.14 bits per heavy atom. The molecule has 0 saturated heterocycles. The number of carbonyl (C=O) groups excluding carboxylic acids is 1. The van der Waals surface area contributed by atoms with Gasteiger partial charge in [0.15, 0.2) is 0 Å². The number of hydrogen-bond donors (Lipinski definition) is 0. The molecule has 110 valence electrons. The van der Waals surface area contributed by atoms with Crippen LogP contribution < -0.4 is 4.90 Å². The van der Waals surface area contributed by atoms with E-state index in [9.17, 15) is 4.79 Å². The zero-order valence-electron chi connectivity index (χ0n) is 11.9. The van der Waals surface area contributed by atoms with Crippen LogP contribution >= 0.6 is 11.6 Å². The lowest BCUT2D eigenvalue weighted by Gasteiger charge is -2.36. The van der Waals surface area contributed by atoms with Gasteiger partial charge in [0, 0.05) is 11.6 Å². The smallest absolute Gasteiger partial charge is 0.262 e. The van der Waals surface area contributed by atoms with E-state index in [1.165, 1.54) is 0 Å². The zero-order chi connectivity index (χ0) is 15.1. The summed E-state index contributed by atoms with van der Waals surface area (Å²) >= 11 is 6.14. The number of halogens is 1. The molecule has 0 N–H and O–H groups in total. The number of hydrogen-bond acceptors (Lipinski definition) is 3. The SMILES string of the molecule is O=C1c2ccc(Cl)cc2N(Cc2ccccc2)C2=NCCN12. The third-order valence-corrected chi connectivity index (χ3v) is 4.20. The molecule has 0 aliphatic carbocycles. The van der Waals surface area contributed by atoms with Crippen molar-refractivity contribution in [2.45, 2.75) is 6.54 Å². The summed E-state index contributed by atoms with van der Waals surface area (Å²) in [4.78, 5) is 20.9. The molecule has 0 radical (unpaired) electrons. The van der Waals surface area contributed by atoms with Crippen LogP contribution in [0.5, 0.6) is 0 Å². The summed E-state index contributed by atoms with van der Waals surface area (Å²) in [5.74, 6) is 0.732. The van der Waals surface area contributed by atoms with Crippen molar-refractivity contribution in [2.24, 2.45) is 4.99 Å². The molecule has 0 saturated carbocycles. The first-order valence-electron chi connectivity index (χ1n) is 7.21. The van der Waals surface area contributed by atoms with Crippen LogP contribution in [0.2, 0.25) is 5.02 Å². The Bertz CT molecular complexity index is 773. The van der Waals surface area contributed by atoms with Gasteiger partial charge < -0.3 is 4.90 Å². The van der Waals surface area contributed by atoms with Crippen molar-refractivity contribution in [1.82, 2.24) is 4.90 Å². The minimum Gasteiger partial charge on any atom is -0.307 e. The maximum Gasteiger partial charge on any atom is 0.262 e. The Kier molecular flexibility index (Phi) is 3.12. The first-order chi connectivity index (χ1) is 10.7. The number of guanidine groups is 1. The van der Waals surface area contributed by atoms with Gasteiger partial charge in [0.05, 0.1) is 24.3 Å². The maximum atomic E-state index is 12.6. The molecule has 0 unspecified atom stereocenters. The van der Waals surface area contributed by atoms with E-state index in [1.807, 2.05) is 24.3 Å². The molecule has 4 nitrogen and oxygen atoms in total. The van der Waals surface area contributed by atoms with Crippen LogP contribution in [0.25, 0.3) is 0 Å². The average molecular weight is 312 g/mol. The number of benzene rings is 2. The fourth-order valence-corrected chi connectivity index (χ4v) is 3.11. The first kappa shape index (κ1) is 13.3. The van der Waals surface area contributed by atoms with E-state index in [4.69, 9.17) is 11.6 Å². The van der Waals surface area contributed by atoms with E-state index in [0.29, 0.717) is 30.2 Å². The summed E-state index contributed by atoms with van der Waals surface area (Å²) < 4.78 is 0. The second kappa shape index (κ2) is 5.14. The third kappa shape index (κ3) is 2.07. The Balaban J connectivity index is 1.83. The zero-order valence-corrected chi connectivity index (χ0v) is 12.6. The van der Waals surface area contributed by atoms with Crippen molar-refractivity contribution in [3.63, 3.8) is 0 Å². The van der Waals surface area contributed by atoms with Crippen molar-refractivity contribution in [2.75, 3.05) is 18.0 Å². The van der Waals surface area contributed by atoms with E-state index in [0.717, 1.165) is 17.2 Å². The van der Waals surface area contributed by atoms with Crippen LogP contribution in [-0.2, 0) is 6.54 Å². The van der Waals surface area contributed by atoms with Crippen LogP contribution in [0.15, 0.2) is 53.5 Å². The van der Waals surface area contributed by atoms with E-state index in [1.54, 1.807) is 17.0 Å². The Morgan fingerprint density at radius 3 is 2.77 bits per heavy atom. The molecular formula is C17H14ClN3O. The van der Waals surface area contributed by atoms with Crippen LogP contribution in [0.1, 0.15) is 15.9 Å². The minimum atomic E-state index is 0.00669. The number of carbonyl (C=O) groups is 1. The van der Waals surface area contributed by atoms with Gasteiger partial charge in [-0.1, -0.05) is 41.9 Å². The van der Waals surface area contributed by atoms with Gasteiger partial charge in [-0.2, -0.15) is 0 Å². The molecule has 2 aliphatic rings. The van der Waals surface area contributed by atoms with E-state index in [-0.39, 0.29) is 5.91 Å². The van der Waals surface area contributed by atoms with E-state index < -0.39 is 0 Å². The predicted molar refractivity (Wildman–Crippen MR) is 87.4 cm³/mol. The lowest BCUT2D eigenvalue weighted by atomic mass is 10.1. The number of aliphatic imine (C=N–C) groups is 1. The molecule has 0 spiro atoms. The summed E-state index contributed by atoms with van der Waals surface area (Å²) in [6, 6.07) is 15.6. The highest BCUT2D eigenvalue weighted by molar-refractivity contribution is 6.31. The number of rotatable bonds is 2. The Morgan fingerprint density at radius 2 is 1.95 bits per heavy atom. The summed E-state index contributed by atoms with van der Waals surface area (Å²) in [5, 5.41) is 0.622. The van der Waals surface area contributed by atoms with Gasteiger partial charge in [0.25, 0.3) is 5.91 Å². The van der Waals surface area contributed by atoms with Crippen molar-refractivity contribution in [1.29, 1.82) is 0 Å². The maximum absolute atomic E-state index is 12.6. The molecule has 0 bridgehead atoms. The molecule has 1 amide bonds. The molecule has 2 heterocycles. The lowest BCUT2D eigenvalue weighted by molar-refractivity contribution is 0.0851. The average Bonchev–Trinajstić information content (AvgIpc) is 3.02. The summed E-state index contributed by atoms with van der Waals surface area (Å²) in [6.45, 7) is 1.95. The van der Waals surface area contributed by atoms with Crippen LogP contribution in [0, 0.1) is 0 Å². The van der Waals surface area contributed by atoms with E-state index >= 15 is 0 Å². The second-order valence-corrected chi connectivity index (χ2v) is 5.81. The fraction of sp³-hybridized carbons (Fsp3) is 0.176. The monoisotopic (exact) mass is 311 g/mol. The Labute approximate surface area is 133 Å². The topological polar surface area (TPSA) is 35.9 Å². The van der Waals surface area contributed by atoms with Crippen molar-refractivity contribution >= 4 is 29.2 Å². The molecule has 5 heteroatoms. The van der Waals surface area contributed by atoms with Crippen LogP contribution in [0.3, 0.4) is 0 Å². The summed E-state index contributed by atoms with van der Waals surface area (Å²) in [7, 11) is 0. The van der Waals surface area contributed by atoms with Gasteiger partial charge in [-0.3, -0.25) is 14.7 Å². The third-order valence-electron chi connectivity index (χ3n) is 3.97. The second-order valence-electron chi connectivity index (χ2n) is 5.37. The molecule has 0 atom stereocenters. The number of fused-ring (bicyclic) bond motifs is 2. The van der Waals surface area contributed by atoms with Gasteiger partial charge in [-0.05, 0) is 23.8 Å². The quantitative estimate of drug-likeness (QED) is 0.854. The highest BCUT2D eigenvalue weighted by Gasteiger charge is 2.37. The predicted octanol–water partition coefficient (Wildman–Crippen LogP) is 3.17. The number of amides is 1. The molecule has 2 aliphatic heterocycles. The lowest BCUT2D eigenvalue weighted by Crippen LogP contribution is -2.49.